The van der Waals surface area contributed by atoms with Gasteiger partial charge in [0.05, 0.1) is 5.56 Å². The monoisotopic (exact) mass is 267 g/mol. The molecule has 3 nitrogen and oxygen atoms in total. The second-order valence-corrected chi connectivity index (χ2v) is 3.91. The molecule has 1 aromatic heterocycles. The fraction of sp³-hybridized carbons (Fsp3) is 0.154. The van der Waals surface area contributed by atoms with Crippen LogP contribution in [0.3, 0.4) is 0 Å². The van der Waals surface area contributed by atoms with Crippen molar-refractivity contribution in [2.75, 3.05) is 5.32 Å². The van der Waals surface area contributed by atoms with Gasteiger partial charge in [-0.2, -0.15) is 13.2 Å². The molecule has 0 fully saturated rings. The molecule has 2 aromatic rings. The summed E-state index contributed by atoms with van der Waals surface area (Å²) in [6.07, 6.45) is -3.26. The molecule has 0 saturated heterocycles. The van der Waals surface area contributed by atoms with E-state index in [1.807, 2.05) is 6.07 Å². The quantitative estimate of drug-likeness (QED) is 0.897. The van der Waals surface area contributed by atoms with E-state index >= 15 is 0 Å². The molecule has 0 saturated carbocycles. The van der Waals surface area contributed by atoms with E-state index < -0.39 is 11.7 Å². The summed E-state index contributed by atoms with van der Waals surface area (Å²) < 4.78 is 37.7. The Labute approximate surface area is 108 Å². The van der Waals surface area contributed by atoms with Crippen molar-refractivity contribution in [1.29, 1.82) is 0 Å². The molecule has 0 atom stereocenters. The number of hydrogen-bond donors (Lipinski definition) is 2. The SMILES string of the molecule is NCc1ccccc1Nc1cc(C(F)(F)F)ccn1. The Morgan fingerprint density at radius 2 is 1.89 bits per heavy atom. The highest BCUT2D eigenvalue weighted by Crippen LogP contribution is 2.30. The summed E-state index contributed by atoms with van der Waals surface area (Å²) >= 11 is 0. The molecule has 0 amide bonds. The molecular weight excluding hydrogens is 255 g/mol. The van der Waals surface area contributed by atoms with Crippen molar-refractivity contribution in [3.05, 3.63) is 53.7 Å². The number of nitrogens with two attached hydrogens (primary N) is 1. The zero-order valence-corrected chi connectivity index (χ0v) is 9.91. The van der Waals surface area contributed by atoms with Gasteiger partial charge in [-0.3, -0.25) is 0 Å². The van der Waals surface area contributed by atoms with Crippen molar-refractivity contribution in [3.63, 3.8) is 0 Å². The Morgan fingerprint density at radius 1 is 1.16 bits per heavy atom. The van der Waals surface area contributed by atoms with Gasteiger partial charge in [0.15, 0.2) is 0 Å². The maximum atomic E-state index is 12.6. The summed E-state index contributed by atoms with van der Waals surface area (Å²) in [5.41, 5.74) is 6.28. The Balaban J connectivity index is 2.29. The zero-order valence-electron chi connectivity index (χ0n) is 9.91. The minimum absolute atomic E-state index is 0.135. The van der Waals surface area contributed by atoms with Crippen molar-refractivity contribution >= 4 is 11.5 Å². The second kappa shape index (κ2) is 5.27. The lowest BCUT2D eigenvalue weighted by Gasteiger charge is -2.12. The summed E-state index contributed by atoms with van der Waals surface area (Å²) in [6.45, 7) is 0.294. The number of benzene rings is 1. The number of rotatable bonds is 3. The number of alkyl halides is 3. The minimum atomic E-state index is -4.38. The highest BCUT2D eigenvalue weighted by molar-refractivity contribution is 5.60. The van der Waals surface area contributed by atoms with Gasteiger partial charge in [0.2, 0.25) is 0 Å². The molecule has 19 heavy (non-hydrogen) atoms. The van der Waals surface area contributed by atoms with E-state index in [1.54, 1.807) is 18.2 Å². The first kappa shape index (κ1) is 13.4. The fourth-order valence-electron chi connectivity index (χ4n) is 1.63. The molecule has 0 spiro atoms. The Kier molecular flexibility index (Phi) is 3.71. The molecule has 100 valence electrons. The largest absolute Gasteiger partial charge is 0.416 e. The van der Waals surface area contributed by atoms with Crippen LogP contribution in [-0.2, 0) is 12.7 Å². The number of para-hydroxylation sites is 1. The van der Waals surface area contributed by atoms with Gasteiger partial charge in [-0.05, 0) is 23.8 Å². The average Bonchev–Trinajstić information content (AvgIpc) is 2.39. The third kappa shape index (κ3) is 3.23. The van der Waals surface area contributed by atoms with Crippen LogP contribution in [0, 0.1) is 0 Å². The van der Waals surface area contributed by atoms with Gasteiger partial charge >= 0.3 is 6.18 Å². The van der Waals surface area contributed by atoms with E-state index in [1.165, 1.54) is 0 Å². The topological polar surface area (TPSA) is 50.9 Å². The molecule has 0 aliphatic rings. The van der Waals surface area contributed by atoms with Gasteiger partial charge < -0.3 is 11.1 Å². The number of nitrogens with zero attached hydrogens (tertiary/aromatic N) is 1. The van der Waals surface area contributed by atoms with E-state index in [-0.39, 0.29) is 5.82 Å². The number of halogens is 3. The Morgan fingerprint density at radius 3 is 2.58 bits per heavy atom. The number of nitrogens with one attached hydrogen (secondary N) is 1. The normalized spacial score (nSPS) is 11.4. The molecule has 2 rings (SSSR count). The highest BCUT2D eigenvalue weighted by atomic mass is 19.4. The first-order chi connectivity index (χ1) is 9.00. The molecule has 0 bridgehead atoms. The van der Waals surface area contributed by atoms with Crippen molar-refractivity contribution in [2.45, 2.75) is 12.7 Å². The predicted octanol–water partition coefficient (Wildman–Crippen LogP) is 3.30. The summed E-state index contributed by atoms with van der Waals surface area (Å²) in [5.74, 6) is 0.135. The molecular formula is C13H12F3N3. The summed E-state index contributed by atoms with van der Waals surface area (Å²) in [4.78, 5) is 3.87. The average molecular weight is 267 g/mol. The number of pyridine rings is 1. The highest BCUT2D eigenvalue weighted by Gasteiger charge is 2.30. The molecule has 0 radical (unpaired) electrons. The Hall–Kier alpha value is -2.08. The van der Waals surface area contributed by atoms with Crippen LogP contribution in [0.25, 0.3) is 0 Å². The maximum absolute atomic E-state index is 12.6. The van der Waals surface area contributed by atoms with Gasteiger partial charge in [-0.1, -0.05) is 18.2 Å². The van der Waals surface area contributed by atoms with Crippen molar-refractivity contribution in [1.82, 2.24) is 4.98 Å². The van der Waals surface area contributed by atoms with Gasteiger partial charge in [-0.25, -0.2) is 4.98 Å². The van der Waals surface area contributed by atoms with Crippen LogP contribution in [0.15, 0.2) is 42.6 Å². The molecule has 0 aliphatic carbocycles. The van der Waals surface area contributed by atoms with Gasteiger partial charge in [0, 0.05) is 18.4 Å². The van der Waals surface area contributed by atoms with E-state index in [4.69, 9.17) is 5.73 Å². The van der Waals surface area contributed by atoms with Crippen LogP contribution in [0.4, 0.5) is 24.7 Å². The smallest absolute Gasteiger partial charge is 0.340 e. The summed E-state index contributed by atoms with van der Waals surface area (Å²) in [6, 6.07) is 9.02. The minimum Gasteiger partial charge on any atom is -0.340 e. The van der Waals surface area contributed by atoms with Crippen LogP contribution < -0.4 is 11.1 Å². The summed E-state index contributed by atoms with van der Waals surface area (Å²) in [7, 11) is 0. The van der Waals surface area contributed by atoms with Crippen molar-refractivity contribution in [3.8, 4) is 0 Å². The first-order valence-corrected chi connectivity index (χ1v) is 5.59. The molecule has 6 heteroatoms. The van der Waals surface area contributed by atoms with Gasteiger partial charge in [-0.15, -0.1) is 0 Å². The van der Waals surface area contributed by atoms with E-state index in [2.05, 4.69) is 10.3 Å². The zero-order chi connectivity index (χ0) is 13.9. The lowest BCUT2D eigenvalue weighted by atomic mass is 10.1. The summed E-state index contributed by atoms with van der Waals surface area (Å²) in [5, 5.41) is 2.84. The molecule has 1 heterocycles. The third-order valence-corrected chi connectivity index (χ3v) is 2.59. The third-order valence-electron chi connectivity index (χ3n) is 2.59. The van der Waals surface area contributed by atoms with Crippen LogP contribution in [0.1, 0.15) is 11.1 Å². The van der Waals surface area contributed by atoms with E-state index in [9.17, 15) is 13.2 Å². The molecule has 0 aliphatic heterocycles. The van der Waals surface area contributed by atoms with Crippen LogP contribution >= 0.6 is 0 Å². The van der Waals surface area contributed by atoms with Gasteiger partial charge in [0.25, 0.3) is 0 Å². The van der Waals surface area contributed by atoms with Crippen LogP contribution in [0.5, 0.6) is 0 Å². The standard InChI is InChI=1S/C13H12F3N3/c14-13(15,16)10-5-6-18-12(7-10)19-11-4-2-1-3-9(11)8-17/h1-7H,8,17H2,(H,18,19). The number of hydrogen-bond acceptors (Lipinski definition) is 3. The predicted molar refractivity (Wildman–Crippen MR) is 66.9 cm³/mol. The van der Waals surface area contributed by atoms with E-state index in [0.717, 1.165) is 23.9 Å². The fourth-order valence-corrected chi connectivity index (χ4v) is 1.63. The molecule has 3 N–H and O–H groups in total. The lowest BCUT2D eigenvalue weighted by Crippen LogP contribution is -2.07. The number of anilines is 2. The first-order valence-electron chi connectivity index (χ1n) is 5.59. The second-order valence-electron chi connectivity index (χ2n) is 3.91. The van der Waals surface area contributed by atoms with Crippen LogP contribution in [-0.4, -0.2) is 4.98 Å². The Bertz CT molecular complexity index is 567. The van der Waals surface area contributed by atoms with Crippen molar-refractivity contribution in [2.24, 2.45) is 5.73 Å². The molecule has 1 aromatic carbocycles. The number of aromatic nitrogens is 1. The van der Waals surface area contributed by atoms with E-state index in [0.29, 0.717) is 12.2 Å². The molecule has 0 unspecified atom stereocenters. The van der Waals surface area contributed by atoms with Crippen LogP contribution in [0.2, 0.25) is 0 Å². The maximum Gasteiger partial charge on any atom is 0.416 e. The lowest BCUT2D eigenvalue weighted by molar-refractivity contribution is -0.137. The van der Waals surface area contributed by atoms with Crippen molar-refractivity contribution < 1.29 is 13.2 Å². The van der Waals surface area contributed by atoms with Gasteiger partial charge in [0.1, 0.15) is 5.82 Å².